The second-order valence-corrected chi connectivity index (χ2v) is 4.26. The highest BCUT2D eigenvalue weighted by atomic mass is 16.4. The van der Waals surface area contributed by atoms with Crippen molar-refractivity contribution in [2.75, 3.05) is 12.4 Å². The molecule has 1 aromatic carbocycles. The van der Waals surface area contributed by atoms with Crippen molar-refractivity contribution in [3.05, 3.63) is 29.8 Å². The van der Waals surface area contributed by atoms with Crippen molar-refractivity contribution < 1.29 is 24.9 Å². The molecule has 5 N–H and O–H groups in total. The Morgan fingerprint density at radius 1 is 1.20 bits per heavy atom. The number of aliphatic hydroxyl groups is 1. The summed E-state index contributed by atoms with van der Waals surface area (Å²) in [5.41, 5.74) is 1.37. The molecular formula is C13H18N2O5. The molecule has 1 rings (SSSR count). The molecule has 0 bridgehead atoms. The Kier molecular flexibility index (Phi) is 5.95. The maximum atomic E-state index is 11.0. The van der Waals surface area contributed by atoms with Gasteiger partial charge in [0.25, 0.3) is 0 Å². The van der Waals surface area contributed by atoms with Crippen molar-refractivity contribution in [1.82, 2.24) is 5.32 Å². The largest absolute Gasteiger partial charge is 0.481 e. The lowest BCUT2D eigenvalue weighted by Gasteiger charge is -2.19. The molecule has 20 heavy (non-hydrogen) atoms. The summed E-state index contributed by atoms with van der Waals surface area (Å²) < 4.78 is 0. The van der Waals surface area contributed by atoms with E-state index in [1.54, 1.807) is 31.3 Å². The molecule has 0 heterocycles. The fraction of sp³-hybridized carbons (Fsp3) is 0.385. The fourth-order valence-electron chi connectivity index (χ4n) is 1.66. The van der Waals surface area contributed by atoms with Crippen LogP contribution in [-0.2, 0) is 9.59 Å². The van der Waals surface area contributed by atoms with Gasteiger partial charge in [-0.15, -0.1) is 0 Å². The van der Waals surface area contributed by atoms with E-state index in [4.69, 9.17) is 10.2 Å². The van der Waals surface area contributed by atoms with Crippen LogP contribution in [-0.4, -0.2) is 40.3 Å². The number of hydrogen-bond donors (Lipinski definition) is 5. The van der Waals surface area contributed by atoms with Gasteiger partial charge in [0.1, 0.15) is 12.3 Å². The molecule has 7 nitrogen and oxygen atoms in total. The Morgan fingerprint density at radius 2 is 1.80 bits per heavy atom. The molecule has 0 spiro atoms. The minimum absolute atomic E-state index is 0.101. The zero-order chi connectivity index (χ0) is 15.1. The van der Waals surface area contributed by atoms with E-state index in [0.29, 0.717) is 5.56 Å². The van der Waals surface area contributed by atoms with Crippen LogP contribution in [0.1, 0.15) is 24.6 Å². The summed E-state index contributed by atoms with van der Waals surface area (Å²) in [7, 11) is 1.76. The molecule has 7 heteroatoms. The van der Waals surface area contributed by atoms with Crippen molar-refractivity contribution in [1.29, 1.82) is 0 Å². The predicted octanol–water partition coefficient (Wildman–Crippen LogP) is 0.627. The normalized spacial score (nSPS) is 13.5. The maximum absolute atomic E-state index is 11.0. The van der Waals surface area contributed by atoms with E-state index in [2.05, 4.69) is 10.6 Å². The standard InChI is InChI=1S/C13H18N2O5/c1-14-9-4-2-8(3-5-9)12(18)15-10(13(19)20)6-7-11(16)17/h2-5,10,12,14-15,18H,6-7H2,1H3,(H,16,17)(H,19,20). The third-order valence-corrected chi connectivity index (χ3v) is 2.82. The third-order valence-electron chi connectivity index (χ3n) is 2.82. The number of carboxylic acids is 2. The molecule has 0 aliphatic carbocycles. The number of carboxylic acid groups (broad SMARTS) is 2. The highest BCUT2D eigenvalue weighted by Crippen LogP contribution is 2.15. The van der Waals surface area contributed by atoms with Crippen LogP contribution in [0.2, 0.25) is 0 Å². The lowest BCUT2D eigenvalue weighted by atomic mass is 10.1. The van der Waals surface area contributed by atoms with Crippen molar-refractivity contribution in [2.45, 2.75) is 25.1 Å². The van der Waals surface area contributed by atoms with Gasteiger partial charge in [0.15, 0.2) is 0 Å². The number of benzene rings is 1. The van der Waals surface area contributed by atoms with E-state index < -0.39 is 24.2 Å². The lowest BCUT2D eigenvalue weighted by molar-refractivity contribution is -0.141. The van der Waals surface area contributed by atoms with Gasteiger partial charge in [-0.25, -0.2) is 0 Å². The van der Waals surface area contributed by atoms with Crippen LogP contribution in [0.15, 0.2) is 24.3 Å². The van der Waals surface area contributed by atoms with Gasteiger partial charge in [-0.05, 0) is 24.1 Å². The predicted molar refractivity (Wildman–Crippen MR) is 72.4 cm³/mol. The van der Waals surface area contributed by atoms with E-state index in [0.717, 1.165) is 5.69 Å². The summed E-state index contributed by atoms with van der Waals surface area (Å²) in [4.78, 5) is 21.5. The third kappa shape index (κ3) is 4.87. The average molecular weight is 282 g/mol. The number of hydrogen-bond acceptors (Lipinski definition) is 5. The van der Waals surface area contributed by atoms with E-state index in [1.165, 1.54) is 0 Å². The first-order chi connectivity index (χ1) is 9.43. The zero-order valence-corrected chi connectivity index (χ0v) is 11.0. The molecule has 0 aliphatic heterocycles. The van der Waals surface area contributed by atoms with Gasteiger partial charge in [0.2, 0.25) is 0 Å². The maximum Gasteiger partial charge on any atom is 0.320 e. The number of carbonyl (C=O) groups is 2. The lowest BCUT2D eigenvalue weighted by Crippen LogP contribution is -2.39. The second-order valence-electron chi connectivity index (χ2n) is 4.26. The molecule has 0 aliphatic rings. The van der Waals surface area contributed by atoms with E-state index in [1.807, 2.05) is 0 Å². The van der Waals surface area contributed by atoms with Crippen LogP contribution in [0, 0.1) is 0 Å². The first kappa shape index (κ1) is 15.9. The van der Waals surface area contributed by atoms with Crippen molar-refractivity contribution >= 4 is 17.6 Å². The quantitative estimate of drug-likeness (QED) is 0.443. The first-order valence-corrected chi connectivity index (χ1v) is 6.10. The molecule has 0 fully saturated rings. The van der Waals surface area contributed by atoms with Gasteiger partial charge in [0, 0.05) is 19.2 Å². The number of aliphatic hydroxyl groups excluding tert-OH is 1. The summed E-state index contributed by atoms with van der Waals surface area (Å²) in [5, 5.41) is 32.9. The van der Waals surface area contributed by atoms with Gasteiger partial charge < -0.3 is 20.6 Å². The summed E-state index contributed by atoms with van der Waals surface area (Å²) in [6, 6.07) is 5.67. The monoisotopic (exact) mass is 282 g/mol. The van der Waals surface area contributed by atoms with E-state index in [9.17, 15) is 14.7 Å². The Morgan fingerprint density at radius 3 is 2.25 bits per heavy atom. The zero-order valence-electron chi connectivity index (χ0n) is 11.0. The molecule has 2 atom stereocenters. The van der Waals surface area contributed by atoms with Gasteiger partial charge in [-0.2, -0.15) is 0 Å². The number of nitrogens with one attached hydrogen (secondary N) is 2. The summed E-state index contributed by atoms with van der Waals surface area (Å²) >= 11 is 0. The number of aliphatic carboxylic acids is 2. The molecule has 0 radical (unpaired) electrons. The molecule has 1 aromatic rings. The van der Waals surface area contributed by atoms with Crippen LogP contribution in [0.25, 0.3) is 0 Å². The summed E-state index contributed by atoms with van der Waals surface area (Å²) in [6.07, 6.45) is -1.55. The summed E-state index contributed by atoms with van der Waals surface area (Å²) in [6.45, 7) is 0. The highest BCUT2D eigenvalue weighted by Gasteiger charge is 2.22. The van der Waals surface area contributed by atoms with Gasteiger partial charge in [-0.1, -0.05) is 12.1 Å². The van der Waals surface area contributed by atoms with Crippen LogP contribution >= 0.6 is 0 Å². The Hall–Kier alpha value is -2.12. The minimum atomic E-state index is -1.20. The van der Waals surface area contributed by atoms with Gasteiger partial charge >= 0.3 is 11.9 Å². The first-order valence-electron chi connectivity index (χ1n) is 6.10. The topological polar surface area (TPSA) is 119 Å². The van der Waals surface area contributed by atoms with Crippen LogP contribution in [0.5, 0.6) is 0 Å². The minimum Gasteiger partial charge on any atom is -0.481 e. The van der Waals surface area contributed by atoms with Gasteiger partial charge in [0.05, 0.1) is 0 Å². The average Bonchev–Trinajstić information content (AvgIpc) is 2.42. The van der Waals surface area contributed by atoms with Gasteiger partial charge in [-0.3, -0.25) is 14.9 Å². The number of anilines is 1. The molecule has 0 saturated carbocycles. The van der Waals surface area contributed by atoms with Crippen LogP contribution in [0.3, 0.4) is 0 Å². The van der Waals surface area contributed by atoms with Crippen LogP contribution in [0.4, 0.5) is 5.69 Å². The van der Waals surface area contributed by atoms with Crippen molar-refractivity contribution in [3.8, 4) is 0 Å². The van der Waals surface area contributed by atoms with Crippen molar-refractivity contribution in [2.24, 2.45) is 0 Å². The molecule has 0 amide bonds. The van der Waals surface area contributed by atoms with Crippen LogP contribution < -0.4 is 10.6 Å². The van der Waals surface area contributed by atoms with E-state index in [-0.39, 0.29) is 12.8 Å². The fourth-order valence-corrected chi connectivity index (χ4v) is 1.66. The Balaban J connectivity index is 2.66. The Bertz CT molecular complexity index is 460. The number of rotatable bonds is 8. The summed E-state index contributed by atoms with van der Waals surface area (Å²) in [5.74, 6) is -2.27. The van der Waals surface area contributed by atoms with Crippen molar-refractivity contribution in [3.63, 3.8) is 0 Å². The molecule has 0 saturated heterocycles. The second kappa shape index (κ2) is 7.46. The van der Waals surface area contributed by atoms with E-state index >= 15 is 0 Å². The molecular weight excluding hydrogens is 264 g/mol. The Labute approximate surface area is 116 Å². The SMILES string of the molecule is CNc1ccc(C(O)NC(CCC(=O)O)C(=O)O)cc1. The molecule has 110 valence electrons. The molecule has 2 unspecified atom stereocenters. The molecule has 0 aromatic heterocycles. The smallest absolute Gasteiger partial charge is 0.320 e. The highest BCUT2D eigenvalue weighted by molar-refractivity contribution is 5.75.